The van der Waals surface area contributed by atoms with Crippen LogP contribution < -0.4 is 14.9 Å². The van der Waals surface area contributed by atoms with Gasteiger partial charge in [0.1, 0.15) is 5.82 Å². The third kappa shape index (κ3) is 4.47. The predicted octanol–water partition coefficient (Wildman–Crippen LogP) is 1.27. The molecule has 1 saturated heterocycles. The highest BCUT2D eigenvalue weighted by molar-refractivity contribution is 7.92. The summed E-state index contributed by atoms with van der Waals surface area (Å²) in [5.41, 5.74) is 0. The molecule has 1 fully saturated rings. The van der Waals surface area contributed by atoms with Crippen LogP contribution in [0, 0.1) is 5.82 Å². The number of halogens is 1. The summed E-state index contributed by atoms with van der Waals surface area (Å²) in [5, 5.41) is 2.76. The molecule has 2 N–H and O–H groups in total. The lowest BCUT2D eigenvalue weighted by Gasteiger charge is -2.35. The first-order chi connectivity index (χ1) is 13.4. The van der Waals surface area contributed by atoms with Gasteiger partial charge in [-0.2, -0.15) is 0 Å². The molecule has 1 aromatic carbocycles. The molecule has 2 amide bonds. The molecule has 0 saturated carbocycles. The van der Waals surface area contributed by atoms with Crippen molar-refractivity contribution in [3.05, 3.63) is 42.5 Å². The second-order valence-electron chi connectivity index (χ2n) is 6.10. The van der Waals surface area contributed by atoms with Gasteiger partial charge in [0.05, 0.1) is 4.90 Å². The van der Waals surface area contributed by atoms with Gasteiger partial charge >= 0.3 is 6.03 Å². The van der Waals surface area contributed by atoms with Gasteiger partial charge in [-0.15, -0.1) is 0 Å². The van der Waals surface area contributed by atoms with Gasteiger partial charge in [-0.25, -0.2) is 27.6 Å². The van der Waals surface area contributed by atoms with E-state index in [1.807, 2.05) is 11.8 Å². The third-order valence-electron chi connectivity index (χ3n) is 4.23. The molecule has 2 heterocycles. The van der Waals surface area contributed by atoms with Gasteiger partial charge in [0.15, 0.2) is 11.6 Å². The van der Waals surface area contributed by atoms with Crippen molar-refractivity contribution >= 4 is 27.7 Å². The van der Waals surface area contributed by atoms with Crippen LogP contribution in [0.1, 0.15) is 6.92 Å². The zero-order valence-corrected chi connectivity index (χ0v) is 16.1. The molecule has 0 atom stereocenters. The first kappa shape index (κ1) is 19.8. The molecule has 3 rings (SSSR count). The van der Waals surface area contributed by atoms with Crippen LogP contribution in [-0.4, -0.2) is 62.0 Å². The molecule has 1 aliphatic rings. The summed E-state index contributed by atoms with van der Waals surface area (Å²) in [4.78, 5) is 23.8. The van der Waals surface area contributed by atoms with Crippen molar-refractivity contribution in [1.82, 2.24) is 20.2 Å². The van der Waals surface area contributed by atoms with E-state index in [1.165, 1.54) is 24.5 Å². The molecule has 1 aliphatic heterocycles. The summed E-state index contributed by atoms with van der Waals surface area (Å²) in [6, 6.07) is 4.38. The minimum atomic E-state index is -3.94. The van der Waals surface area contributed by atoms with Crippen LogP contribution in [0.5, 0.6) is 0 Å². The topological polar surface area (TPSA) is 108 Å². The number of sulfonamides is 1. The normalized spacial score (nSPS) is 14.6. The van der Waals surface area contributed by atoms with E-state index >= 15 is 0 Å². The van der Waals surface area contributed by atoms with Gasteiger partial charge in [0, 0.05) is 45.1 Å². The van der Waals surface area contributed by atoms with Gasteiger partial charge in [0.2, 0.25) is 0 Å². The molecule has 0 aliphatic carbocycles. The maximum atomic E-state index is 13.1. The maximum Gasteiger partial charge on any atom is 0.317 e. The monoisotopic (exact) mass is 408 g/mol. The Morgan fingerprint density at radius 3 is 2.39 bits per heavy atom. The van der Waals surface area contributed by atoms with Crippen LogP contribution in [0.25, 0.3) is 0 Å². The Hall–Kier alpha value is -2.95. The van der Waals surface area contributed by atoms with Crippen molar-refractivity contribution < 1.29 is 17.6 Å². The predicted molar refractivity (Wildman–Crippen MR) is 102 cm³/mol. The van der Waals surface area contributed by atoms with Crippen LogP contribution in [0.4, 0.5) is 20.8 Å². The number of piperazine rings is 1. The number of hydrogen-bond donors (Lipinski definition) is 2. The van der Waals surface area contributed by atoms with Crippen LogP contribution in [0.15, 0.2) is 41.6 Å². The van der Waals surface area contributed by atoms with Gasteiger partial charge < -0.3 is 15.1 Å². The number of benzene rings is 1. The number of aromatic nitrogens is 2. The molecule has 0 bridgehead atoms. The Morgan fingerprint density at radius 1 is 1.11 bits per heavy atom. The lowest BCUT2D eigenvalue weighted by Crippen LogP contribution is -2.52. The summed E-state index contributed by atoms with van der Waals surface area (Å²) in [5.74, 6) is -0.0638. The summed E-state index contributed by atoms with van der Waals surface area (Å²) < 4.78 is 40.6. The Bertz CT molecular complexity index is 930. The van der Waals surface area contributed by atoms with Crippen molar-refractivity contribution in [3.63, 3.8) is 0 Å². The van der Waals surface area contributed by atoms with Gasteiger partial charge in [-0.1, -0.05) is 0 Å². The van der Waals surface area contributed by atoms with E-state index in [0.717, 1.165) is 12.1 Å². The smallest absolute Gasteiger partial charge is 0.317 e. The van der Waals surface area contributed by atoms with E-state index in [0.29, 0.717) is 38.5 Å². The molecule has 9 nitrogen and oxygen atoms in total. The Morgan fingerprint density at radius 2 is 1.75 bits per heavy atom. The average molecular weight is 408 g/mol. The second-order valence-corrected chi connectivity index (χ2v) is 7.78. The number of carbonyl (C=O) groups excluding carboxylic acids is 1. The molecule has 0 unspecified atom stereocenters. The molecule has 0 spiro atoms. The number of anilines is 2. The van der Waals surface area contributed by atoms with Crippen molar-refractivity contribution in [2.75, 3.05) is 42.3 Å². The van der Waals surface area contributed by atoms with Crippen LogP contribution in [0.2, 0.25) is 0 Å². The van der Waals surface area contributed by atoms with Gasteiger partial charge in [-0.05, 0) is 31.2 Å². The number of hydrogen-bond acceptors (Lipinski definition) is 6. The number of nitrogens with zero attached hydrogens (tertiary/aromatic N) is 4. The first-order valence-electron chi connectivity index (χ1n) is 8.78. The molecule has 0 radical (unpaired) electrons. The Balaban J connectivity index is 1.75. The molecular weight excluding hydrogens is 387 g/mol. The molecular formula is C17H21FN6O3S. The highest BCUT2D eigenvalue weighted by Gasteiger charge is 2.25. The fourth-order valence-electron chi connectivity index (χ4n) is 2.82. The third-order valence-corrected chi connectivity index (χ3v) is 5.58. The lowest BCUT2D eigenvalue weighted by molar-refractivity contribution is 0.195. The largest absolute Gasteiger partial charge is 0.350 e. The van der Waals surface area contributed by atoms with E-state index in [9.17, 15) is 17.6 Å². The fourth-order valence-corrected chi connectivity index (χ4v) is 3.83. The average Bonchev–Trinajstić information content (AvgIpc) is 2.69. The molecule has 2 aromatic rings. The summed E-state index contributed by atoms with van der Waals surface area (Å²) >= 11 is 0. The minimum absolute atomic E-state index is 0.0773. The number of rotatable bonds is 5. The summed E-state index contributed by atoms with van der Waals surface area (Å²) in [6.07, 6.45) is 2.86. The van der Waals surface area contributed by atoms with E-state index in [1.54, 1.807) is 4.90 Å². The Labute approximate surface area is 162 Å². The number of nitrogens with one attached hydrogen (secondary N) is 2. The SMILES string of the molecule is CCNC(=O)N1CCN(c2nccnc2NS(=O)(=O)c2ccc(F)cc2)CC1. The molecule has 1 aromatic heterocycles. The standard InChI is InChI=1S/C17H21FN6O3S/c1-2-19-17(25)24-11-9-23(10-12-24)16-15(20-7-8-21-16)22-28(26,27)14-5-3-13(18)4-6-14/h3-8H,2,9-12H2,1H3,(H,19,25)(H,20,22). The fraction of sp³-hybridized carbons (Fsp3) is 0.353. The number of urea groups is 1. The van der Waals surface area contributed by atoms with Crippen LogP contribution >= 0.6 is 0 Å². The summed E-state index contributed by atoms with van der Waals surface area (Å²) in [6.45, 7) is 4.34. The zero-order valence-electron chi connectivity index (χ0n) is 15.3. The minimum Gasteiger partial charge on any atom is -0.350 e. The van der Waals surface area contributed by atoms with Crippen molar-refractivity contribution in [1.29, 1.82) is 0 Å². The van der Waals surface area contributed by atoms with Crippen LogP contribution in [0.3, 0.4) is 0 Å². The maximum absolute atomic E-state index is 13.1. The van der Waals surface area contributed by atoms with E-state index in [4.69, 9.17) is 0 Å². The number of amides is 2. The van der Waals surface area contributed by atoms with Crippen molar-refractivity contribution in [2.45, 2.75) is 11.8 Å². The second kappa shape index (κ2) is 8.38. The molecule has 28 heavy (non-hydrogen) atoms. The highest BCUT2D eigenvalue weighted by atomic mass is 32.2. The molecule has 11 heteroatoms. The van der Waals surface area contributed by atoms with Crippen molar-refractivity contribution in [2.24, 2.45) is 0 Å². The zero-order chi connectivity index (χ0) is 20.1. The molecule has 150 valence electrons. The lowest BCUT2D eigenvalue weighted by atomic mass is 10.3. The van der Waals surface area contributed by atoms with Crippen LogP contribution in [-0.2, 0) is 10.0 Å². The first-order valence-corrected chi connectivity index (χ1v) is 10.3. The quantitative estimate of drug-likeness (QED) is 0.772. The highest BCUT2D eigenvalue weighted by Crippen LogP contribution is 2.24. The van der Waals surface area contributed by atoms with E-state index in [-0.39, 0.29) is 16.7 Å². The van der Waals surface area contributed by atoms with E-state index in [2.05, 4.69) is 20.0 Å². The van der Waals surface area contributed by atoms with Crippen molar-refractivity contribution in [3.8, 4) is 0 Å². The van der Waals surface area contributed by atoms with Gasteiger partial charge in [-0.3, -0.25) is 4.72 Å². The van der Waals surface area contributed by atoms with E-state index < -0.39 is 15.8 Å². The number of carbonyl (C=O) groups is 1. The Kier molecular flexibility index (Phi) is 5.93. The summed E-state index contributed by atoms with van der Waals surface area (Å²) in [7, 11) is -3.94. The van der Waals surface area contributed by atoms with Gasteiger partial charge in [0.25, 0.3) is 10.0 Å².